The van der Waals surface area contributed by atoms with Gasteiger partial charge in [-0.3, -0.25) is 0 Å². The molecule has 1 heterocycles. The van der Waals surface area contributed by atoms with Gasteiger partial charge in [-0.05, 0) is 49.5 Å². The van der Waals surface area contributed by atoms with E-state index in [1.807, 2.05) is 25.1 Å². The molecule has 0 saturated carbocycles. The maximum atomic E-state index is 14.0. The summed E-state index contributed by atoms with van der Waals surface area (Å²) in [4.78, 5) is 8.24. The van der Waals surface area contributed by atoms with E-state index in [-0.39, 0.29) is 6.61 Å². The van der Waals surface area contributed by atoms with Gasteiger partial charge in [0.2, 0.25) is 0 Å². The van der Waals surface area contributed by atoms with Gasteiger partial charge in [0, 0.05) is 42.2 Å². The lowest BCUT2D eigenvalue weighted by Crippen LogP contribution is -1.99. The second-order valence-electron chi connectivity index (χ2n) is 6.72. The molecule has 0 saturated heterocycles. The van der Waals surface area contributed by atoms with Crippen molar-refractivity contribution < 1.29 is 13.9 Å². The zero-order chi connectivity index (χ0) is 19.3. The first-order valence-electron chi connectivity index (χ1n) is 9.26. The van der Waals surface area contributed by atoms with Gasteiger partial charge in [0.15, 0.2) is 0 Å². The van der Waals surface area contributed by atoms with Gasteiger partial charge in [-0.25, -0.2) is 14.4 Å². The van der Waals surface area contributed by atoms with Crippen LogP contribution in [0, 0.1) is 18.8 Å². The predicted octanol–water partition coefficient (Wildman–Crippen LogP) is 5.66. The third kappa shape index (κ3) is 4.55. The third-order valence-electron chi connectivity index (χ3n) is 4.51. The van der Waals surface area contributed by atoms with E-state index < -0.39 is 5.82 Å². The highest BCUT2D eigenvalue weighted by Crippen LogP contribution is 2.31. The molecule has 0 N–H and O–H groups in total. The molecule has 4 nitrogen and oxygen atoms in total. The van der Waals surface area contributed by atoms with E-state index >= 15 is 0 Å². The molecule has 141 valence electrons. The van der Waals surface area contributed by atoms with Gasteiger partial charge >= 0.3 is 0 Å². The van der Waals surface area contributed by atoms with Crippen molar-refractivity contribution in [3.63, 3.8) is 0 Å². The van der Waals surface area contributed by atoms with Crippen LogP contribution in [0.5, 0.6) is 17.2 Å². The molecule has 4 rings (SSSR count). The minimum absolute atomic E-state index is 0.249. The summed E-state index contributed by atoms with van der Waals surface area (Å²) >= 11 is 0. The first-order chi connectivity index (χ1) is 13.7. The molecule has 0 atom stereocenters. The average molecular weight is 375 g/mol. The first-order valence-corrected chi connectivity index (χ1v) is 9.26. The minimum atomic E-state index is -0.430. The molecule has 0 spiro atoms. The van der Waals surface area contributed by atoms with E-state index in [4.69, 9.17) is 9.47 Å². The van der Waals surface area contributed by atoms with E-state index in [1.165, 1.54) is 24.1 Å². The van der Waals surface area contributed by atoms with Crippen LogP contribution in [0.1, 0.15) is 36.2 Å². The van der Waals surface area contributed by atoms with Crippen LogP contribution in [0.15, 0.2) is 54.9 Å². The number of hydrogen-bond donors (Lipinski definition) is 0. The predicted molar refractivity (Wildman–Crippen MR) is 105 cm³/mol. The molecule has 0 fully saturated rings. The summed E-state index contributed by atoms with van der Waals surface area (Å²) in [5.74, 6) is 1.53. The molecule has 28 heavy (non-hydrogen) atoms. The van der Waals surface area contributed by atoms with Crippen molar-refractivity contribution in [3.05, 3.63) is 83.7 Å². The minimum Gasteiger partial charge on any atom is -0.489 e. The molecular weight excluding hydrogens is 355 g/mol. The van der Waals surface area contributed by atoms with Crippen LogP contribution in [0.2, 0.25) is 0 Å². The quantitative estimate of drug-likeness (QED) is 0.557. The van der Waals surface area contributed by atoms with Crippen molar-refractivity contribution in [3.8, 4) is 17.2 Å². The molecular formula is C23H20FN2O2. The zero-order valence-corrected chi connectivity index (χ0v) is 15.6. The molecule has 2 aromatic carbocycles. The SMILES string of the molecule is Cc1ncc(COc2cc(F)cc(Oc3[c]cc(C4=CCCC4)cc3)c2)cn1. The highest BCUT2D eigenvalue weighted by molar-refractivity contribution is 5.67. The molecule has 1 aromatic heterocycles. The summed E-state index contributed by atoms with van der Waals surface area (Å²) in [6.07, 6.45) is 9.08. The summed E-state index contributed by atoms with van der Waals surface area (Å²) in [6, 6.07) is 13.2. The van der Waals surface area contributed by atoms with Crippen molar-refractivity contribution >= 4 is 5.57 Å². The number of nitrogens with zero attached hydrogens (tertiary/aromatic N) is 2. The Morgan fingerprint density at radius 3 is 2.64 bits per heavy atom. The molecule has 1 radical (unpaired) electrons. The fourth-order valence-corrected chi connectivity index (χ4v) is 3.07. The molecule has 3 aromatic rings. The standard InChI is InChI=1S/C23H20FN2O2/c1-16-25-13-17(14-26-16)15-27-22-10-20(24)11-23(12-22)28-21-8-6-19(7-9-21)18-4-2-3-5-18/h4,6-8,10-14H,2-3,5,15H2,1H3. The number of hydrogen-bond acceptors (Lipinski definition) is 4. The van der Waals surface area contributed by atoms with E-state index in [0.29, 0.717) is 23.1 Å². The molecule has 0 unspecified atom stereocenters. The molecule has 0 bridgehead atoms. The van der Waals surface area contributed by atoms with Gasteiger partial charge < -0.3 is 9.47 Å². The second-order valence-corrected chi connectivity index (χ2v) is 6.72. The van der Waals surface area contributed by atoms with Gasteiger partial charge in [-0.15, -0.1) is 0 Å². The molecule has 1 aliphatic rings. The first kappa shape index (κ1) is 18.2. The maximum Gasteiger partial charge on any atom is 0.135 e. The fourth-order valence-electron chi connectivity index (χ4n) is 3.07. The Morgan fingerprint density at radius 2 is 1.93 bits per heavy atom. The summed E-state index contributed by atoms with van der Waals surface area (Å²) in [5, 5.41) is 0. The maximum absolute atomic E-state index is 14.0. The van der Waals surface area contributed by atoms with Crippen LogP contribution >= 0.6 is 0 Å². The molecule has 1 aliphatic carbocycles. The Balaban J connectivity index is 1.43. The Kier molecular flexibility index (Phi) is 5.33. The molecule has 0 amide bonds. The topological polar surface area (TPSA) is 44.2 Å². The number of allylic oxidation sites excluding steroid dienone is 2. The number of aryl methyl sites for hydroxylation is 1. The summed E-state index contributed by atoms with van der Waals surface area (Å²) < 4.78 is 25.4. The third-order valence-corrected chi connectivity index (χ3v) is 4.51. The average Bonchev–Trinajstić information content (AvgIpc) is 3.23. The monoisotopic (exact) mass is 375 g/mol. The number of ether oxygens (including phenoxy) is 2. The van der Waals surface area contributed by atoms with Crippen molar-refractivity contribution in [1.29, 1.82) is 0 Å². The Labute approximate surface area is 163 Å². The number of aromatic nitrogens is 2. The van der Waals surface area contributed by atoms with Crippen LogP contribution in [-0.2, 0) is 6.61 Å². The van der Waals surface area contributed by atoms with Crippen molar-refractivity contribution in [2.24, 2.45) is 0 Å². The lowest BCUT2D eigenvalue weighted by atomic mass is 10.1. The van der Waals surface area contributed by atoms with Crippen LogP contribution in [0.3, 0.4) is 0 Å². The van der Waals surface area contributed by atoms with Gasteiger partial charge in [0.05, 0.1) is 0 Å². The second kappa shape index (κ2) is 8.21. The van der Waals surface area contributed by atoms with Gasteiger partial charge in [0.1, 0.15) is 35.5 Å². The number of rotatable bonds is 6. The van der Waals surface area contributed by atoms with Crippen LogP contribution in [0.25, 0.3) is 5.57 Å². The largest absolute Gasteiger partial charge is 0.489 e. The van der Waals surface area contributed by atoms with Crippen molar-refractivity contribution in [2.45, 2.75) is 32.8 Å². The van der Waals surface area contributed by atoms with E-state index in [9.17, 15) is 4.39 Å². The normalized spacial score (nSPS) is 13.3. The Hall–Kier alpha value is -3.21. The Morgan fingerprint density at radius 1 is 1.11 bits per heavy atom. The zero-order valence-electron chi connectivity index (χ0n) is 15.6. The summed E-state index contributed by atoms with van der Waals surface area (Å²) in [7, 11) is 0. The van der Waals surface area contributed by atoms with Gasteiger partial charge in [-0.1, -0.05) is 12.1 Å². The molecule has 0 aliphatic heterocycles. The highest BCUT2D eigenvalue weighted by atomic mass is 19.1. The van der Waals surface area contributed by atoms with Crippen LogP contribution < -0.4 is 9.47 Å². The van der Waals surface area contributed by atoms with Crippen LogP contribution in [0.4, 0.5) is 4.39 Å². The Bertz CT molecular complexity index is 982. The summed E-state index contributed by atoms with van der Waals surface area (Å²) in [5.41, 5.74) is 3.32. The lowest BCUT2D eigenvalue weighted by Gasteiger charge is -2.10. The van der Waals surface area contributed by atoms with Crippen molar-refractivity contribution in [2.75, 3.05) is 0 Å². The fraction of sp³-hybridized carbons (Fsp3) is 0.217. The number of halogens is 1. The summed E-state index contributed by atoms with van der Waals surface area (Å²) in [6.45, 7) is 2.06. The van der Waals surface area contributed by atoms with E-state index in [0.717, 1.165) is 24.0 Å². The van der Waals surface area contributed by atoms with Crippen molar-refractivity contribution in [1.82, 2.24) is 9.97 Å². The lowest BCUT2D eigenvalue weighted by molar-refractivity contribution is 0.301. The van der Waals surface area contributed by atoms with Gasteiger partial charge in [-0.2, -0.15) is 0 Å². The van der Waals surface area contributed by atoms with Crippen LogP contribution in [-0.4, -0.2) is 9.97 Å². The van der Waals surface area contributed by atoms with E-state index in [2.05, 4.69) is 22.1 Å². The highest BCUT2D eigenvalue weighted by Gasteiger charge is 2.09. The van der Waals surface area contributed by atoms with E-state index in [1.54, 1.807) is 18.5 Å². The molecule has 5 heteroatoms. The number of benzene rings is 2. The van der Waals surface area contributed by atoms with Gasteiger partial charge in [0.25, 0.3) is 0 Å². The smallest absolute Gasteiger partial charge is 0.135 e.